The molecule has 0 aromatic rings. The van der Waals surface area contributed by atoms with Gasteiger partial charge in [-0.05, 0) is 20.3 Å². The fourth-order valence-corrected chi connectivity index (χ4v) is 0.378. The lowest BCUT2D eigenvalue weighted by Gasteiger charge is -2.16. The minimum absolute atomic E-state index is 0.171. The van der Waals surface area contributed by atoms with Crippen LogP contribution in [0, 0.1) is 0 Å². The monoisotopic (exact) mass is 118 g/mol. The van der Waals surface area contributed by atoms with Gasteiger partial charge in [0.2, 0.25) is 0 Å². The first-order chi connectivity index (χ1) is 3.56. The van der Waals surface area contributed by atoms with Crippen molar-refractivity contribution in [1.82, 2.24) is 5.48 Å². The van der Waals surface area contributed by atoms with Crippen LogP contribution in [0.3, 0.4) is 0 Å². The van der Waals surface area contributed by atoms with Crippen molar-refractivity contribution in [1.29, 1.82) is 0 Å². The van der Waals surface area contributed by atoms with Crippen molar-refractivity contribution < 1.29 is 5.21 Å². The third-order valence-corrected chi connectivity index (χ3v) is 0.881. The van der Waals surface area contributed by atoms with E-state index in [1.165, 1.54) is 0 Å². The zero-order chi connectivity index (χ0) is 6.62. The molecule has 0 bridgehead atoms. The number of nitrogens with one attached hydrogen (secondary N) is 1. The van der Waals surface area contributed by atoms with Crippen LogP contribution in [0.2, 0.25) is 0 Å². The molecular weight excluding hydrogens is 104 g/mol. The normalized spacial score (nSPS) is 12.0. The summed E-state index contributed by atoms with van der Waals surface area (Å²) in [5.74, 6) is 0. The lowest BCUT2D eigenvalue weighted by molar-refractivity contribution is 0.158. The summed E-state index contributed by atoms with van der Waals surface area (Å²) in [6.45, 7) is 4.40. The Morgan fingerprint density at radius 3 is 2.25 bits per heavy atom. The van der Waals surface area contributed by atoms with Crippen molar-refractivity contribution in [3.05, 3.63) is 0 Å². The zero-order valence-corrected chi connectivity index (χ0v) is 5.44. The Hall–Kier alpha value is -0.120. The summed E-state index contributed by atoms with van der Waals surface area (Å²) in [7, 11) is 0. The van der Waals surface area contributed by atoms with E-state index in [1.807, 2.05) is 19.3 Å². The third-order valence-electron chi connectivity index (χ3n) is 0.881. The first-order valence-electron chi connectivity index (χ1n) is 2.72. The quantitative estimate of drug-likeness (QED) is 0.460. The Bertz CT molecular complexity index is 57.9. The molecule has 0 aromatic carbocycles. The van der Waals surface area contributed by atoms with Gasteiger partial charge in [-0.3, -0.25) is 0 Å². The molecule has 0 rings (SSSR count). The van der Waals surface area contributed by atoms with Crippen molar-refractivity contribution in [2.75, 3.05) is 6.54 Å². The van der Waals surface area contributed by atoms with E-state index in [9.17, 15) is 0 Å². The van der Waals surface area contributed by atoms with Crippen LogP contribution in [0.25, 0.3) is 0 Å². The van der Waals surface area contributed by atoms with E-state index in [-0.39, 0.29) is 5.54 Å². The number of rotatable bonds is 3. The first-order valence-corrected chi connectivity index (χ1v) is 2.72. The molecule has 0 aliphatic carbocycles. The molecule has 0 unspecified atom stereocenters. The minimum Gasteiger partial charge on any atom is -0.326 e. The van der Waals surface area contributed by atoms with Crippen LogP contribution < -0.4 is 11.2 Å². The Labute approximate surface area is 49.8 Å². The van der Waals surface area contributed by atoms with E-state index in [0.717, 1.165) is 6.42 Å². The van der Waals surface area contributed by atoms with Crippen molar-refractivity contribution >= 4 is 0 Å². The highest BCUT2D eigenvalue weighted by atomic mass is 16.5. The molecule has 8 heavy (non-hydrogen) atoms. The van der Waals surface area contributed by atoms with E-state index in [0.29, 0.717) is 6.54 Å². The molecule has 0 fully saturated rings. The highest BCUT2D eigenvalue weighted by Crippen LogP contribution is 1.99. The van der Waals surface area contributed by atoms with Crippen LogP contribution in [-0.4, -0.2) is 17.3 Å². The molecule has 0 saturated carbocycles. The average Bonchev–Trinajstić information content (AvgIpc) is 1.59. The van der Waals surface area contributed by atoms with Gasteiger partial charge in [-0.15, -0.1) is 0 Å². The number of hydroxylamine groups is 1. The van der Waals surface area contributed by atoms with Crippen LogP contribution in [0.1, 0.15) is 20.3 Å². The second-order valence-electron chi connectivity index (χ2n) is 2.65. The molecule has 0 radical (unpaired) electrons. The van der Waals surface area contributed by atoms with Gasteiger partial charge >= 0.3 is 0 Å². The molecule has 3 heteroatoms. The van der Waals surface area contributed by atoms with E-state index in [2.05, 4.69) is 0 Å². The number of hydrogen-bond donors (Lipinski definition) is 3. The standard InChI is InChI=1S/C5H14N2O/c1-5(2,6)3-4-7-8/h7-8H,3-4,6H2,1-2H3. The fraction of sp³-hybridized carbons (Fsp3) is 1.00. The van der Waals surface area contributed by atoms with E-state index >= 15 is 0 Å². The van der Waals surface area contributed by atoms with Gasteiger partial charge in [0.15, 0.2) is 0 Å². The predicted molar refractivity (Wildman–Crippen MR) is 32.7 cm³/mol. The van der Waals surface area contributed by atoms with Crippen molar-refractivity contribution in [3.8, 4) is 0 Å². The maximum atomic E-state index is 8.12. The summed E-state index contributed by atoms with van der Waals surface area (Å²) in [4.78, 5) is 0. The van der Waals surface area contributed by atoms with Crippen LogP contribution >= 0.6 is 0 Å². The Kier molecular flexibility index (Phi) is 2.97. The van der Waals surface area contributed by atoms with Gasteiger partial charge in [0.25, 0.3) is 0 Å². The van der Waals surface area contributed by atoms with Crippen molar-refractivity contribution in [3.63, 3.8) is 0 Å². The molecule has 0 amide bonds. The highest BCUT2D eigenvalue weighted by molar-refractivity contribution is 4.70. The Morgan fingerprint density at radius 2 is 2.12 bits per heavy atom. The lowest BCUT2D eigenvalue weighted by atomic mass is 10.0. The molecule has 0 heterocycles. The molecule has 50 valence electrons. The van der Waals surface area contributed by atoms with Crippen LogP contribution in [0.5, 0.6) is 0 Å². The van der Waals surface area contributed by atoms with Crippen molar-refractivity contribution in [2.24, 2.45) is 5.73 Å². The molecule has 0 atom stereocenters. The summed E-state index contributed by atoms with van der Waals surface area (Å²) >= 11 is 0. The largest absolute Gasteiger partial charge is 0.326 e. The highest BCUT2D eigenvalue weighted by Gasteiger charge is 2.07. The van der Waals surface area contributed by atoms with Gasteiger partial charge in [-0.1, -0.05) is 0 Å². The third kappa shape index (κ3) is 5.88. The molecule has 0 aliphatic heterocycles. The van der Waals surface area contributed by atoms with Crippen LogP contribution in [-0.2, 0) is 0 Å². The number of hydrogen-bond acceptors (Lipinski definition) is 3. The maximum Gasteiger partial charge on any atom is 0.0224 e. The minimum atomic E-state index is -0.171. The maximum absolute atomic E-state index is 8.12. The zero-order valence-electron chi connectivity index (χ0n) is 5.44. The van der Waals surface area contributed by atoms with Crippen molar-refractivity contribution in [2.45, 2.75) is 25.8 Å². The molecular formula is C5H14N2O. The van der Waals surface area contributed by atoms with Gasteiger partial charge in [-0.2, -0.15) is 0 Å². The molecule has 0 saturated heterocycles. The van der Waals surface area contributed by atoms with Gasteiger partial charge in [0.05, 0.1) is 0 Å². The Balaban J connectivity index is 3.11. The van der Waals surface area contributed by atoms with E-state index in [1.54, 1.807) is 0 Å². The predicted octanol–water partition coefficient (Wildman–Crippen LogP) is 0.0926. The second-order valence-corrected chi connectivity index (χ2v) is 2.65. The van der Waals surface area contributed by atoms with Crippen LogP contribution in [0.4, 0.5) is 0 Å². The van der Waals surface area contributed by atoms with Crippen LogP contribution in [0.15, 0.2) is 0 Å². The molecule has 4 N–H and O–H groups in total. The topological polar surface area (TPSA) is 58.3 Å². The van der Waals surface area contributed by atoms with E-state index in [4.69, 9.17) is 10.9 Å². The smallest absolute Gasteiger partial charge is 0.0224 e. The summed E-state index contributed by atoms with van der Waals surface area (Å²) in [6, 6.07) is 0. The summed E-state index contributed by atoms with van der Waals surface area (Å²) in [5, 5.41) is 8.12. The average molecular weight is 118 g/mol. The lowest BCUT2D eigenvalue weighted by Crippen LogP contribution is -2.35. The van der Waals surface area contributed by atoms with Gasteiger partial charge in [0.1, 0.15) is 0 Å². The SMILES string of the molecule is CC(C)(N)CCNO. The molecule has 0 aromatic heterocycles. The molecule has 0 spiro atoms. The summed E-state index contributed by atoms with van der Waals surface area (Å²) in [6.07, 6.45) is 0.781. The van der Waals surface area contributed by atoms with Gasteiger partial charge < -0.3 is 10.9 Å². The molecule has 0 aliphatic rings. The Morgan fingerprint density at radius 1 is 1.62 bits per heavy atom. The summed E-state index contributed by atoms with van der Waals surface area (Å²) < 4.78 is 0. The summed E-state index contributed by atoms with van der Waals surface area (Å²) in [5.41, 5.74) is 7.44. The first kappa shape index (κ1) is 7.88. The number of nitrogens with two attached hydrogens (primary N) is 1. The fourth-order valence-electron chi connectivity index (χ4n) is 0.378. The second kappa shape index (κ2) is 3.02. The van der Waals surface area contributed by atoms with Gasteiger partial charge in [0, 0.05) is 12.1 Å². The van der Waals surface area contributed by atoms with Gasteiger partial charge in [-0.25, -0.2) is 5.48 Å². The van der Waals surface area contributed by atoms with E-state index < -0.39 is 0 Å². The molecule has 3 nitrogen and oxygen atoms in total.